The number of piperidine rings is 1. The molecule has 1 unspecified atom stereocenters. The van der Waals surface area contributed by atoms with Gasteiger partial charge in [-0.2, -0.15) is 0 Å². The lowest BCUT2D eigenvalue weighted by Gasteiger charge is -2.40. The molecule has 5 nitrogen and oxygen atoms in total. The molecule has 0 N–H and O–H groups in total. The first-order chi connectivity index (χ1) is 13.0. The molecule has 0 bridgehead atoms. The Hall–Kier alpha value is -2.08. The van der Waals surface area contributed by atoms with E-state index in [9.17, 15) is 4.79 Å². The summed E-state index contributed by atoms with van der Waals surface area (Å²) < 4.78 is 10.9. The summed E-state index contributed by atoms with van der Waals surface area (Å²) in [5.41, 5.74) is 2.23. The van der Waals surface area contributed by atoms with Gasteiger partial charge in [-0.3, -0.25) is 4.79 Å². The van der Waals surface area contributed by atoms with E-state index in [1.54, 1.807) is 0 Å². The molecule has 6 heteroatoms. The molecule has 2 aromatic rings. The van der Waals surface area contributed by atoms with Crippen LogP contribution in [0.3, 0.4) is 0 Å². The molecule has 1 fully saturated rings. The van der Waals surface area contributed by atoms with E-state index < -0.39 is 0 Å². The van der Waals surface area contributed by atoms with E-state index in [0.717, 1.165) is 65.9 Å². The molecule has 1 aromatic carbocycles. The van der Waals surface area contributed by atoms with Crippen LogP contribution < -0.4 is 9.47 Å². The van der Waals surface area contributed by atoms with E-state index in [2.05, 4.69) is 31.0 Å². The quantitative estimate of drug-likeness (QED) is 0.789. The number of benzene rings is 1. The normalized spacial score (nSPS) is 21.5. The fourth-order valence-electron chi connectivity index (χ4n) is 4.20. The summed E-state index contributed by atoms with van der Waals surface area (Å²) in [4.78, 5) is 20.5. The van der Waals surface area contributed by atoms with Crippen LogP contribution in [0.15, 0.2) is 18.2 Å². The Morgan fingerprint density at radius 3 is 2.96 bits per heavy atom. The predicted molar refractivity (Wildman–Crippen MR) is 106 cm³/mol. The highest BCUT2D eigenvalue weighted by atomic mass is 32.1. The number of amides is 1. The molecule has 4 rings (SSSR count). The number of ether oxygens (including phenoxy) is 2. The molecular formula is C21H26N2O3S. The van der Waals surface area contributed by atoms with Gasteiger partial charge in [0, 0.05) is 13.1 Å². The van der Waals surface area contributed by atoms with Gasteiger partial charge >= 0.3 is 0 Å². The summed E-state index contributed by atoms with van der Waals surface area (Å²) in [7, 11) is 0. The third-order valence-corrected chi connectivity index (χ3v) is 6.47. The van der Waals surface area contributed by atoms with Crippen LogP contribution in [-0.2, 0) is 12.8 Å². The lowest BCUT2D eigenvalue weighted by molar-refractivity contribution is 0.0554. The van der Waals surface area contributed by atoms with Crippen LogP contribution in [0.5, 0.6) is 11.5 Å². The van der Waals surface area contributed by atoms with Crippen LogP contribution in [-0.4, -0.2) is 35.7 Å². The number of carbonyl (C=O) groups excluding carboxylic acids is 1. The maximum atomic E-state index is 13.1. The third-order valence-electron chi connectivity index (χ3n) is 5.47. The van der Waals surface area contributed by atoms with Crippen molar-refractivity contribution in [3.05, 3.63) is 39.3 Å². The first-order valence-electron chi connectivity index (χ1n) is 9.61. The number of fused-ring (bicyclic) bond motifs is 1. The zero-order valence-corrected chi connectivity index (χ0v) is 17.0. The molecule has 1 aromatic heterocycles. The van der Waals surface area contributed by atoms with Crippen LogP contribution in [0.25, 0.3) is 0 Å². The maximum Gasteiger partial charge on any atom is 0.265 e. The van der Waals surface area contributed by atoms with Gasteiger partial charge in [-0.1, -0.05) is 19.9 Å². The number of aryl methyl sites for hydroxylation is 2. The monoisotopic (exact) mass is 386 g/mol. The van der Waals surface area contributed by atoms with Gasteiger partial charge in [-0.25, -0.2) is 4.98 Å². The van der Waals surface area contributed by atoms with Crippen LogP contribution in [0.4, 0.5) is 0 Å². The van der Waals surface area contributed by atoms with E-state index in [0.29, 0.717) is 6.79 Å². The smallest absolute Gasteiger partial charge is 0.265 e. The third kappa shape index (κ3) is 3.68. The molecular weight excluding hydrogens is 360 g/mol. The molecule has 2 aliphatic rings. The first-order valence-corrected chi connectivity index (χ1v) is 10.4. The second kappa shape index (κ2) is 7.15. The summed E-state index contributed by atoms with van der Waals surface area (Å²) in [6, 6.07) is 6.18. The zero-order valence-electron chi connectivity index (χ0n) is 16.2. The number of hydrogen-bond donors (Lipinski definition) is 0. The number of likely N-dealkylation sites (tertiary alicyclic amines) is 1. The molecule has 1 saturated heterocycles. The Bertz CT molecular complexity index is 863. The van der Waals surface area contributed by atoms with Crippen molar-refractivity contribution in [2.45, 2.75) is 46.5 Å². The van der Waals surface area contributed by atoms with Crippen molar-refractivity contribution in [2.24, 2.45) is 5.41 Å². The number of rotatable bonds is 4. The Balaban J connectivity index is 1.50. The van der Waals surface area contributed by atoms with Crippen LogP contribution in [0.2, 0.25) is 0 Å². The number of aromatic nitrogens is 1. The molecule has 27 heavy (non-hydrogen) atoms. The van der Waals surface area contributed by atoms with Gasteiger partial charge < -0.3 is 14.4 Å². The molecule has 144 valence electrons. The minimum absolute atomic E-state index is 0.0632. The predicted octanol–water partition coefficient (Wildman–Crippen LogP) is 4.23. The Labute approximate surface area is 164 Å². The van der Waals surface area contributed by atoms with Gasteiger partial charge in [0.25, 0.3) is 5.91 Å². The molecule has 0 aliphatic carbocycles. The second-order valence-corrected chi connectivity index (χ2v) is 9.07. The van der Waals surface area contributed by atoms with Gasteiger partial charge in [-0.15, -0.1) is 11.3 Å². The molecule has 0 saturated carbocycles. The van der Waals surface area contributed by atoms with E-state index in [1.807, 2.05) is 17.9 Å². The molecule has 1 atom stereocenters. The van der Waals surface area contributed by atoms with Crippen LogP contribution in [0, 0.1) is 12.3 Å². The fourth-order valence-corrected chi connectivity index (χ4v) is 5.17. The van der Waals surface area contributed by atoms with Crippen molar-refractivity contribution in [1.29, 1.82) is 0 Å². The van der Waals surface area contributed by atoms with Crippen molar-refractivity contribution in [1.82, 2.24) is 9.88 Å². The number of carbonyl (C=O) groups is 1. The Morgan fingerprint density at radius 1 is 1.33 bits per heavy atom. The minimum Gasteiger partial charge on any atom is -0.454 e. The lowest BCUT2D eigenvalue weighted by atomic mass is 9.77. The maximum absolute atomic E-state index is 13.1. The lowest BCUT2D eigenvalue weighted by Crippen LogP contribution is -2.45. The molecule has 1 amide bonds. The van der Waals surface area contributed by atoms with Crippen molar-refractivity contribution >= 4 is 17.2 Å². The highest BCUT2D eigenvalue weighted by Crippen LogP contribution is 2.38. The zero-order chi connectivity index (χ0) is 19.0. The fraction of sp³-hybridized carbons (Fsp3) is 0.524. The van der Waals surface area contributed by atoms with Gasteiger partial charge in [0.15, 0.2) is 11.5 Å². The second-order valence-electron chi connectivity index (χ2n) is 7.87. The Morgan fingerprint density at radius 2 is 2.15 bits per heavy atom. The van der Waals surface area contributed by atoms with Crippen LogP contribution >= 0.6 is 11.3 Å². The Kier molecular flexibility index (Phi) is 4.84. The number of hydrogen-bond acceptors (Lipinski definition) is 5. The van der Waals surface area contributed by atoms with E-state index in [-0.39, 0.29) is 11.3 Å². The minimum atomic E-state index is 0.0632. The standard InChI is InChI=1S/C21H26N2O3S/c1-4-16-19(27-14(2)22-16)20(24)23-9-5-8-21(3,12-23)11-15-6-7-17-18(10-15)26-13-25-17/h6-7,10H,4-5,8-9,11-13H2,1-3H3. The van der Waals surface area contributed by atoms with Crippen molar-refractivity contribution < 1.29 is 14.3 Å². The summed E-state index contributed by atoms with van der Waals surface area (Å²) >= 11 is 1.53. The van der Waals surface area contributed by atoms with E-state index in [4.69, 9.17) is 9.47 Å². The van der Waals surface area contributed by atoms with E-state index >= 15 is 0 Å². The van der Waals surface area contributed by atoms with Gasteiger partial charge in [0.2, 0.25) is 6.79 Å². The number of nitrogens with zero attached hydrogens (tertiary/aromatic N) is 2. The van der Waals surface area contributed by atoms with Crippen molar-refractivity contribution in [3.8, 4) is 11.5 Å². The first kappa shape index (κ1) is 18.3. The molecule has 2 aliphatic heterocycles. The van der Waals surface area contributed by atoms with Gasteiger partial charge in [0.05, 0.1) is 10.7 Å². The highest BCUT2D eigenvalue weighted by molar-refractivity contribution is 7.13. The van der Waals surface area contributed by atoms with Gasteiger partial charge in [0.1, 0.15) is 4.88 Å². The van der Waals surface area contributed by atoms with E-state index in [1.165, 1.54) is 16.9 Å². The summed E-state index contributed by atoms with van der Waals surface area (Å²) in [6.45, 7) is 8.23. The largest absolute Gasteiger partial charge is 0.454 e. The van der Waals surface area contributed by atoms with Crippen molar-refractivity contribution in [2.75, 3.05) is 19.9 Å². The summed E-state index contributed by atoms with van der Waals surface area (Å²) in [6.07, 6.45) is 3.88. The molecule has 0 radical (unpaired) electrons. The molecule has 3 heterocycles. The average Bonchev–Trinajstić information content (AvgIpc) is 3.26. The van der Waals surface area contributed by atoms with Crippen LogP contribution in [0.1, 0.15) is 52.6 Å². The summed E-state index contributed by atoms with van der Waals surface area (Å²) in [5.74, 6) is 1.79. The number of thiazole rings is 1. The topological polar surface area (TPSA) is 51.7 Å². The highest BCUT2D eigenvalue weighted by Gasteiger charge is 2.35. The SMILES string of the molecule is CCc1nc(C)sc1C(=O)N1CCCC(C)(Cc2ccc3c(c2)OCO3)C1. The average molecular weight is 387 g/mol. The molecule has 0 spiro atoms. The summed E-state index contributed by atoms with van der Waals surface area (Å²) in [5, 5.41) is 0.968. The van der Waals surface area contributed by atoms with Crippen molar-refractivity contribution in [3.63, 3.8) is 0 Å². The van der Waals surface area contributed by atoms with Gasteiger partial charge in [-0.05, 0) is 55.7 Å².